The number of carbonyl (C=O) groups is 1. The van der Waals surface area contributed by atoms with Crippen LogP contribution in [0.1, 0.15) is 26.5 Å². The van der Waals surface area contributed by atoms with Crippen molar-refractivity contribution in [2.24, 2.45) is 14.1 Å². The number of hydrogen-bond acceptors (Lipinski definition) is 8. The van der Waals surface area contributed by atoms with E-state index in [1.54, 1.807) is 68.8 Å². The van der Waals surface area contributed by atoms with Crippen LogP contribution in [0.15, 0.2) is 52.2 Å². The van der Waals surface area contributed by atoms with E-state index in [0.717, 1.165) is 4.57 Å². The van der Waals surface area contributed by atoms with Crippen LogP contribution in [0.2, 0.25) is 5.02 Å². The molecule has 0 spiro atoms. The first-order valence-electron chi connectivity index (χ1n) is 11.7. The first-order valence-corrected chi connectivity index (χ1v) is 12.1. The lowest BCUT2D eigenvalue weighted by Crippen LogP contribution is -2.40. The number of imidazole rings is 1. The Kier molecular flexibility index (Phi) is 6.06. The van der Waals surface area contributed by atoms with Crippen LogP contribution >= 0.6 is 11.6 Å². The van der Waals surface area contributed by atoms with E-state index in [-0.39, 0.29) is 17.7 Å². The van der Waals surface area contributed by atoms with Gasteiger partial charge in [0.25, 0.3) is 5.56 Å². The van der Waals surface area contributed by atoms with Crippen molar-refractivity contribution in [3.8, 4) is 0 Å². The van der Waals surface area contributed by atoms with Gasteiger partial charge >= 0.3 is 11.8 Å². The van der Waals surface area contributed by atoms with Gasteiger partial charge in [-0.3, -0.25) is 13.9 Å². The predicted molar refractivity (Wildman–Crippen MR) is 143 cm³/mol. The van der Waals surface area contributed by atoms with Gasteiger partial charge in [-0.15, -0.1) is 5.10 Å². The Morgan fingerprint density at radius 3 is 2.55 bits per heavy atom. The highest BCUT2D eigenvalue weighted by atomic mass is 35.5. The Labute approximate surface area is 221 Å². The molecular formula is C25H25ClN8O4. The maximum absolute atomic E-state index is 13.7. The van der Waals surface area contributed by atoms with Gasteiger partial charge in [-0.2, -0.15) is 10.1 Å². The molecule has 0 atom stereocenters. The highest BCUT2D eigenvalue weighted by Crippen LogP contribution is 2.25. The van der Waals surface area contributed by atoms with Gasteiger partial charge in [0, 0.05) is 30.7 Å². The molecule has 0 unspecified atom stereocenters. The maximum atomic E-state index is 13.7. The molecule has 196 valence electrons. The molecule has 0 aliphatic carbocycles. The molecular weight excluding hydrogens is 512 g/mol. The highest BCUT2D eigenvalue weighted by Gasteiger charge is 2.25. The van der Waals surface area contributed by atoms with Gasteiger partial charge in [0.2, 0.25) is 5.95 Å². The Balaban J connectivity index is 1.66. The Morgan fingerprint density at radius 1 is 1.11 bits per heavy atom. The molecule has 0 bridgehead atoms. The summed E-state index contributed by atoms with van der Waals surface area (Å²) < 4.78 is 10.9. The van der Waals surface area contributed by atoms with E-state index in [0.29, 0.717) is 33.4 Å². The van der Waals surface area contributed by atoms with Crippen LogP contribution in [0.25, 0.3) is 22.1 Å². The number of ether oxygens (including phenoxy) is 1. The Morgan fingerprint density at radius 2 is 1.87 bits per heavy atom. The molecule has 0 fully saturated rings. The number of nitrogens with one attached hydrogen (secondary N) is 1. The van der Waals surface area contributed by atoms with Gasteiger partial charge in [0.05, 0.1) is 17.8 Å². The zero-order chi connectivity index (χ0) is 27.4. The fraction of sp³-hybridized carbons (Fsp3) is 0.280. The second-order valence-electron chi connectivity index (χ2n) is 9.79. The standard InChI is InChI=1S/C25H25ClN8O4/c1-25(2,3)38-24(37)34-16(12-14-11-15(26)8-9-17(14)34)13-33-21(35)19-20(32(5)23(33)36)29-22(31(19)4)28-18-7-6-10-27-30-18/h6-12H,13H2,1-5H3,(H,28,29,30). The van der Waals surface area contributed by atoms with Gasteiger partial charge < -0.3 is 14.6 Å². The fourth-order valence-electron chi connectivity index (χ4n) is 4.22. The molecule has 0 saturated heterocycles. The third-order valence-corrected chi connectivity index (χ3v) is 6.14. The molecule has 4 heterocycles. The molecule has 38 heavy (non-hydrogen) atoms. The number of nitrogens with zero attached hydrogens (tertiary/aromatic N) is 7. The summed E-state index contributed by atoms with van der Waals surface area (Å²) in [6.45, 7) is 5.09. The molecule has 0 aliphatic heterocycles. The molecule has 1 aromatic carbocycles. The SMILES string of the molecule is Cn1c(Nc2cccnn2)nc2c1c(=O)n(Cc1cc3cc(Cl)ccc3n1C(=O)OC(C)(C)C)c(=O)n2C. The first kappa shape index (κ1) is 25.2. The number of fused-ring (bicyclic) bond motifs is 2. The maximum Gasteiger partial charge on any atom is 0.419 e. The summed E-state index contributed by atoms with van der Waals surface area (Å²) in [6, 6.07) is 10.2. The smallest absolute Gasteiger partial charge is 0.419 e. The van der Waals surface area contributed by atoms with E-state index in [1.165, 1.54) is 22.4 Å². The fourth-order valence-corrected chi connectivity index (χ4v) is 4.40. The van der Waals surface area contributed by atoms with Crippen molar-refractivity contribution in [2.45, 2.75) is 32.9 Å². The Bertz CT molecular complexity index is 1830. The van der Waals surface area contributed by atoms with E-state index in [1.807, 2.05) is 0 Å². The summed E-state index contributed by atoms with van der Waals surface area (Å²) in [5.41, 5.74) is -0.596. The summed E-state index contributed by atoms with van der Waals surface area (Å²) in [6.07, 6.45) is 0.902. The number of benzene rings is 1. The molecule has 1 N–H and O–H groups in total. The van der Waals surface area contributed by atoms with Gasteiger partial charge in [0.15, 0.2) is 17.0 Å². The molecule has 0 radical (unpaired) electrons. The summed E-state index contributed by atoms with van der Waals surface area (Å²) in [5, 5.41) is 12.0. The molecule has 5 rings (SSSR count). The normalized spacial score (nSPS) is 11.8. The van der Waals surface area contributed by atoms with Crippen LogP contribution in [0, 0.1) is 0 Å². The molecule has 0 aliphatic rings. The van der Waals surface area contributed by atoms with E-state index in [9.17, 15) is 14.4 Å². The van der Waals surface area contributed by atoms with Crippen molar-refractivity contribution >= 4 is 51.5 Å². The van der Waals surface area contributed by atoms with Crippen molar-refractivity contribution in [1.82, 2.24) is 33.4 Å². The molecule has 5 aromatic rings. The van der Waals surface area contributed by atoms with Gasteiger partial charge in [0.1, 0.15) is 5.60 Å². The highest BCUT2D eigenvalue weighted by molar-refractivity contribution is 6.31. The second-order valence-corrected chi connectivity index (χ2v) is 10.2. The van der Waals surface area contributed by atoms with Gasteiger partial charge in [-0.25, -0.2) is 14.2 Å². The number of aryl methyl sites for hydroxylation is 2. The zero-order valence-electron chi connectivity index (χ0n) is 21.4. The summed E-state index contributed by atoms with van der Waals surface area (Å²) in [4.78, 5) is 44.7. The third kappa shape index (κ3) is 4.43. The third-order valence-electron chi connectivity index (χ3n) is 5.91. The lowest BCUT2D eigenvalue weighted by atomic mass is 10.2. The van der Waals surface area contributed by atoms with Gasteiger partial charge in [-0.05, 0) is 57.2 Å². The minimum Gasteiger partial charge on any atom is -0.443 e. The number of hydrogen-bond donors (Lipinski definition) is 1. The minimum atomic E-state index is -0.759. The van der Waals surface area contributed by atoms with E-state index in [4.69, 9.17) is 16.3 Å². The predicted octanol–water partition coefficient (Wildman–Crippen LogP) is 3.41. The van der Waals surface area contributed by atoms with Crippen LogP contribution in [0.3, 0.4) is 0 Å². The van der Waals surface area contributed by atoms with Crippen molar-refractivity contribution in [1.29, 1.82) is 0 Å². The lowest BCUT2D eigenvalue weighted by Gasteiger charge is -2.21. The number of carbonyl (C=O) groups excluding carboxylic acids is 1. The van der Waals surface area contributed by atoms with Crippen LogP contribution in [0.4, 0.5) is 16.6 Å². The zero-order valence-corrected chi connectivity index (χ0v) is 22.1. The van der Waals surface area contributed by atoms with Crippen molar-refractivity contribution in [2.75, 3.05) is 5.32 Å². The average molecular weight is 537 g/mol. The number of aromatic nitrogens is 7. The minimum absolute atomic E-state index is 0.189. The summed E-state index contributed by atoms with van der Waals surface area (Å²) >= 11 is 6.18. The van der Waals surface area contributed by atoms with Crippen LogP contribution in [-0.2, 0) is 25.4 Å². The molecule has 4 aromatic heterocycles. The monoisotopic (exact) mass is 536 g/mol. The van der Waals surface area contributed by atoms with E-state index >= 15 is 0 Å². The quantitative estimate of drug-likeness (QED) is 0.370. The number of anilines is 2. The van der Waals surface area contributed by atoms with Crippen LogP contribution in [-0.4, -0.2) is 45.1 Å². The van der Waals surface area contributed by atoms with Gasteiger partial charge in [-0.1, -0.05) is 11.6 Å². The van der Waals surface area contributed by atoms with Crippen LogP contribution < -0.4 is 16.6 Å². The molecule has 13 heteroatoms. The molecule has 0 amide bonds. The van der Waals surface area contributed by atoms with Crippen molar-refractivity contribution < 1.29 is 9.53 Å². The second kappa shape index (κ2) is 9.14. The Hall–Kier alpha value is -4.45. The molecule has 12 nitrogen and oxygen atoms in total. The average Bonchev–Trinajstić information content (AvgIpc) is 3.37. The van der Waals surface area contributed by atoms with E-state index in [2.05, 4.69) is 20.5 Å². The molecule has 0 saturated carbocycles. The van der Waals surface area contributed by atoms with Crippen LogP contribution in [0.5, 0.6) is 0 Å². The van der Waals surface area contributed by atoms with E-state index < -0.39 is 22.9 Å². The first-order chi connectivity index (χ1) is 17.9. The lowest BCUT2D eigenvalue weighted by molar-refractivity contribution is 0.0540. The van der Waals surface area contributed by atoms with Crippen molar-refractivity contribution in [3.63, 3.8) is 0 Å². The topological polar surface area (TPSA) is 131 Å². The largest absolute Gasteiger partial charge is 0.443 e. The summed E-state index contributed by atoms with van der Waals surface area (Å²) in [7, 11) is 3.19. The number of halogens is 1. The number of rotatable bonds is 4. The van der Waals surface area contributed by atoms with Crippen molar-refractivity contribution in [3.05, 3.63) is 74.1 Å². The summed E-state index contributed by atoms with van der Waals surface area (Å²) in [5.74, 6) is 0.736.